The number of rotatable bonds is 9. The second-order valence-corrected chi connectivity index (χ2v) is 7.76. The number of carbonyl (C=O) groups excluding carboxylic acids is 2. The predicted molar refractivity (Wildman–Crippen MR) is 93.4 cm³/mol. The molecule has 4 nitrogen and oxygen atoms in total. The van der Waals surface area contributed by atoms with Crippen molar-refractivity contribution in [3.63, 3.8) is 0 Å². The number of fused-ring (bicyclic) bond motifs is 3. The van der Waals surface area contributed by atoms with Crippen LogP contribution in [0.3, 0.4) is 0 Å². The molecule has 0 aromatic rings. The van der Waals surface area contributed by atoms with Crippen LogP contribution in [0.4, 0.5) is 0 Å². The van der Waals surface area contributed by atoms with E-state index < -0.39 is 10.8 Å². The van der Waals surface area contributed by atoms with E-state index >= 15 is 0 Å². The number of ether oxygens (including phenoxy) is 2. The Hall–Kier alpha value is -0.320. The Labute approximate surface area is 154 Å². The number of Topliss-reactive ketones (excluding diaryl/α,β-unsaturated/α-hetero) is 1. The number of esters is 1. The standard InChI is InChI=1S/C18H26Cl2O4/c1-3-5-6-12(18(22)23-4-2)10-14(21)16-11-7-8-15(24-16)13(9-11)17(19)20/h11-13,15,17H,1,3-10H2,2H3. The monoisotopic (exact) mass is 376 g/mol. The van der Waals surface area contributed by atoms with Gasteiger partial charge in [-0.1, -0.05) is 19.8 Å². The summed E-state index contributed by atoms with van der Waals surface area (Å²) in [4.78, 5) is 24.3. The average molecular weight is 377 g/mol. The minimum absolute atomic E-state index is 0.0724. The number of halogens is 2. The van der Waals surface area contributed by atoms with E-state index in [2.05, 4.69) is 6.92 Å². The smallest absolute Gasteiger partial charge is 0.309 e. The SMILES string of the molecule is [CH2]CCCC(CC(=O)[C]1OC2CCC1CC2C(Cl)Cl)C(=O)OCC. The lowest BCUT2D eigenvalue weighted by Gasteiger charge is -2.46. The van der Waals surface area contributed by atoms with E-state index in [0.717, 1.165) is 32.1 Å². The van der Waals surface area contributed by atoms with Crippen LogP contribution in [-0.2, 0) is 19.1 Å². The van der Waals surface area contributed by atoms with Gasteiger partial charge in [0.1, 0.15) is 4.84 Å². The molecule has 0 amide bonds. The summed E-state index contributed by atoms with van der Waals surface area (Å²) in [5.41, 5.74) is 0. The number of hydrogen-bond donors (Lipinski definition) is 0. The Morgan fingerprint density at radius 2 is 2.12 bits per heavy atom. The van der Waals surface area contributed by atoms with Crippen molar-refractivity contribution in [2.45, 2.75) is 62.8 Å². The van der Waals surface area contributed by atoms with Gasteiger partial charge in [-0.3, -0.25) is 9.59 Å². The van der Waals surface area contributed by atoms with Crippen LogP contribution >= 0.6 is 23.2 Å². The third-order valence-electron chi connectivity index (χ3n) is 4.94. The van der Waals surface area contributed by atoms with Crippen LogP contribution in [0, 0.1) is 30.8 Å². The molecule has 4 unspecified atom stereocenters. The van der Waals surface area contributed by atoms with Gasteiger partial charge in [0.25, 0.3) is 0 Å². The molecule has 3 rings (SSSR count). The average Bonchev–Trinajstić information content (AvgIpc) is 2.58. The Morgan fingerprint density at radius 1 is 1.38 bits per heavy atom. The fraction of sp³-hybridized carbons (Fsp3) is 0.778. The van der Waals surface area contributed by atoms with Crippen molar-refractivity contribution in [1.82, 2.24) is 0 Å². The number of carbonyl (C=O) groups is 2. The zero-order valence-electron chi connectivity index (χ0n) is 14.1. The van der Waals surface area contributed by atoms with Gasteiger partial charge in [-0.2, -0.15) is 0 Å². The lowest BCUT2D eigenvalue weighted by atomic mass is 9.72. The van der Waals surface area contributed by atoms with Crippen molar-refractivity contribution in [1.29, 1.82) is 0 Å². The highest BCUT2D eigenvalue weighted by atomic mass is 35.5. The first-order chi connectivity index (χ1) is 11.5. The molecule has 2 aliphatic heterocycles. The highest BCUT2D eigenvalue weighted by Crippen LogP contribution is 2.48. The molecule has 4 atom stereocenters. The van der Waals surface area contributed by atoms with Gasteiger partial charge in [0, 0.05) is 12.3 Å². The van der Waals surface area contributed by atoms with Gasteiger partial charge in [0.05, 0.1) is 18.6 Å². The second-order valence-electron chi connectivity index (χ2n) is 6.60. The van der Waals surface area contributed by atoms with Gasteiger partial charge in [-0.15, -0.1) is 23.2 Å². The molecule has 0 aromatic heterocycles. The van der Waals surface area contributed by atoms with Crippen molar-refractivity contribution in [3.8, 4) is 0 Å². The molecule has 136 valence electrons. The molecule has 0 spiro atoms. The van der Waals surface area contributed by atoms with E-state index in [-0.39, 0.29) is 36.1 Å². The van der Waals surface area contributed by atoms with E-state index in [4.69, 9.17) is 32.7 Å². The topological polar surface area (TPSA) is 52.6 Å². The lowest BCUT2D eigenvalue weighted by Crippen LogP contribution is -2.47. The van der Waals surface area contributed by atoms with Gasteiger partial charge in [0.15, 0.2) is 11.9 Å². The summed E-state index contributed by atoms with van der Waals surface area (Å²) >= 11 is 12.0. The Bertz CT molecular complexity index is 441. The first-order valence-electron chi connectivity index (χ1n) is 8.78. The number of ketones is 1. The minimum atomic E-state index is -0.473. The molecule has 2 radical (unpaired) electrons. The molecule has 2 bridgehead atoms. The third-order valence-corrected chi connectivity index (χ3v) is 5.58. The Kier molecular flexibility index (Phi) is 7.83. The summed E-state index contributed by atoms with van der Waals surface area (Å²) in [5.74, 6) is -0.648. The first kappa shape index (κ1) is 20.0. The van der Waals surface area contributed by atoms with Crippen LogP contribution in [-0.4, -0.2) is 29.3 Å². The summed E-state index contributed by atoms with van der Waals surface area (Å²) < 4.78 is 11.0. The maximum absolute atomic E-state index is 12.7. The molecule has 2 saturated heterocycles. The molecule has 0 N–H and O–H groups in total. The molecule has 24 heavy (non-hydrogen) atoms. The van der Waals surface area contributed by atoms with E-state index in [1.807, 2.05) is 0 Å². The van der Waals surface area contributed by atoms with Crippen molar-refractivity contribution in [2.24, 2.45) is 17.8 Å². The van der Waals surface area contributed by atoms with Crippen LogP contribution in [0.25, 0.3) is 0 Å². The van der Waals surface area contributed by atoms with E-state index in [1.54, 1.807) is 6.92 Å². The van der Waals surface area contributed by atoms with Crippen molar-refractivity contribution < 1.29 is 19.1 Å². The fourth-order valence-corrected chi connectivity index (χ4v) is 4.19. The summed E-state index contributed by atoms with van der Waals surface area (Å²) in [5, 5.41) is 0. The number of hydrogen-bond acceptors (Lipinski definition) is 4. The van der Waals surface area contributed by atoms with Crippen LogP contribution in [0.2, 0.25) is 0 Å². The molecular weight excluding hydrogens is 351 g/mol. The first-order valence-corrected chi connectivity index (χ1v) is 9.65. The summed E-state index contributed by atoms with van der Waals surface area (Å²) in [6.45, 7) is 5.88. The van der Waals surface area contributed by atoms with E-state index in [9.17, 15) is 9.59 Å². The quantitative estimate of drug-likeness (QED) is 0.445. The maximum Gasteiger partial charge on any atom is 0.309 e. The van der Waals surface area contributed by atoms with E-state index in [0.29, 0.717) is 19.1 Å². The molecule has 3 fully saturated rings. The van der Waals surface area contributed by atoms with Crippen LogP contribution in [0.5, 0.6) is 0 Å². The van der Waals surface area contributed by atoms with Gasteiger partial charge >= 0.3 is 5.97 Å². The number of unbranched alkanes of at least 4 members (excludes halogenated alkanes) is 1. The van der Waals surface area contributed by atoms with Crippen molar-refractivity contribution >= 4 is 35.0 Å². The molecule has 3 aliphatic rings. The van der Waals surface area contributed by atoms with Crippen molar-refractivity contribution in [3.05, 3.63) is 13.0 Å². The molecule has 6 heteroatoms. The van der Waals surface area contributed by atoms with Crippen molar-refractivity contribution in [2.75, 3.05) is 6.61 Å². The second kappa shape index (κ2) is 9.40. The molecular formula is C18H26Cl2O4. The zero-order valence-corrected chi connectivity index (χ0v) is 15.7. The molecule has 0 aromatic carbocycles. The molecule has 2 heterocycles. The maximum atomic E-state index is 12.7. The summed E-state index contributed by atoms with van der Waals surface area (Å²) in [6, 6.07) is 0. The summed E-state index contributed by atoms with van der Waals surface area (Å²) in [6.07, 6.45) is 5.30. The van der Waals surface area contributed by atoms with Crippen LogP contribution < -0.4 is 0 Å². The molecule has 1 aliphatic carbocycles. The Balaban J connectivity index is 1.96. The lowest BCUT2D eigenvalue weighted by molar-refractivity contribution is -0.153. The van der Waals surface area contributed by atoms with Gasteiger partial charge in [-0.25, -0.2) is 0 Å². The highest BCUT2D eigenvalue weighted by Gasteiger charge is 2.48. The number of alkyl halides is 2. The molecule has 1 saturated carbocycles. The largest absolute Gasteiger partial charge is 0.466 e. The summed E-state index contributed by atoms with van der Waals surface area (Å²) in [7, 11) is 0. The van der Waals surface area contributed by atoms with Crippen LogP contribution in [0.1, 0.15) is 51.9 Å². The third kappa shape index (κ3) is 4.86. The highest BCUT2D eigenvalue weighted by molar-refractivity contribution is 6.44. The van der Waals surface area contributed by atoms with Crippen LogP contribution in [0.15, 0.2) is 0 Å². The van der Waals surface area contributed by atoms with E-state index in [1.165, 1.54) is 0 Å². The normalized spacial score (nSPS) is 28.1. The van der Waals surface area contributed by atoms with Gasteiger partial charge in [-0.05, 0) is 38.5 Å². The van der Waals surface area contributed by atoms with Gasteiger partial charge < -0.3 is 9.47 Å². The zero-order chi connectivity index (χ0) is 17.7. The predicted octanol–water partition coefficient (Wildman–Crippen LogP) is 4.28. The fourth-order valence-electron chi connectivity index (χ4n) is 3.66. The Morgan fingerprint density at radius 3 is 2.67 bits per heavy atom. The minimum Gasteiger partial charge on any atom is -0.466 e. The van der Waals surface area contributed by atoms with Gasteiger partial charge in [0.2, 0.25) is 0 Å².